The molecule has 0 aliphatic heterocycles. The third kappa shape index (κ3) is 5.93. The van der Waals surface area contributed by atoms with Gasteiger partial charge in [0, 0.05) is 12.6 Å². The van der Waals surface area contributed by atoms with E-state index < -0.39 is 23.6 Å². The van der Waals surface area contributed by atoms with E-state index in [0.717, 1.165) is 11.1 Å². The second-order valence-electron chi connectivity index (χ2n) is 8.64. The van der Waals surface area contributed by atoms with Crippen molar-refractivity contribution < 1.29 is 28.6 Å². The molecule has 2 amide bonds. The highest BCUT2D eigenvalue weighted by molar-refractivity contribution is 5.85. The zero-order valence-electron chi connectivity index (χ0n) is 21.6. The van der Waals surface area contributed by atoms with E-state index >= 15 is 0 Å². The maximum Gasteiger partial charge on any atom is 0.330 e. The first-order valence-corrected chi connectivity index (χ1v) is 11.7. The summed E-state index contributed by atoms with van der Waals surface area (Å²) in [4.78, 5) is 51.8. The predicted molar refractivity (Wildman–Crippen MR) is 137 cm³/mol. The van der Waals surface area contributed by atoms with E-state index in [9.17, 15) is 19.2 Å². The SMILES string of the molecule is CCOC(=O)Cn1c(=O)n(C(CN(C=O)Cc2cc(OC)cc(OC)c2)C(N)=O)c2cc(C)c(C)cc21. The average molecular weight is 513 g/mol. The number of benzene rings is 2. The summed E-state index contributed by atoms with van der Waals surface area (Å²) in [7, 11) is 3.03. The van der Waals surface area contributed by atoms with Crippen molar-refractivity contribution in [2.75, 3.05) is 27.4 Å². The van der Waals surface area contributed by atoms with Crippen LogP contribution >= 0.6 is 0 Å². The van der Waals surface area contributed by atoms with Crippen molar-refractivity contribution in [2.45, 2.75) is 39.9 Å². The monoisotopic (exact) mass is 512 g/mol. The number of primary amides is 1. The van der Waals surface area contributed by atoms with Crippen LogP contribution in [0.25, 0.3) is 11.0 Å². The Morgan fingerprint density at radius 1 is 1.03 bits per heavy atom. The fraction of sp³-hybridized carbons (Fsp3) is 0.385. The Balaban J connectivity index is 2.07. The molecule has 0 radical (unpaired) electrons. The van der Waals surface area contributed by atoms with Crippen molar-refractivity contribution in [1.29, 1.82) is 0 Å². The Morgan fingerprint density at radius 3 is 2.14 bits per heavy atom. The van der Waals surface area contributed by atoms with Crippen molar-refractivity contribution in [1.82, 2.24) is 14.0 Å². The number of rotatable bonds is 12. The standard InChI is InChI=1S/C26H32N4O7/c1-6-37-24(32)14-29-21-7-16(2)17(3)8-22(21)30(26(29)34)23(25(27)33)13-28(15-31)12-18-9-19(35-4)11-20(10-18)36-5/h7-11,15,23H,6,12-14H2,1-5H3,(H2,27,33). The number of carbonyl (C=O) groups excluding carboxylic acids is 3. The van der Waals surface area contributed by atoms with Gasteiger partial charge in [0.15, 0.2) is 0 Å². The minimum atomic E-state index is -1.20. The summed E-state index contributed by atoms with van der Waals surface area (Å²) in [6.07, 6.45) is 0.583. The molecule has 0 fully saturated rings. The highest BCUT2D eigenvalue weighted by Gasteiger charge is 2.28. The predicted octanol–water partition coefficient (Wildman–Crippen LogP) is 1.69. The Morgan fingerprint density at radius 2 is 1.62 bits per heavy atom. The van der Waals surface area contributed by atoms with Crippen LogP contribution in [0, 0.1) is 13.8 Å². The van der Waals surface area contributed by atoms with Crippen LogP contribution in [-0.2, 0) is 32.2 Å². The van der Waals surface area contributed by atoms with Gasteiger partial charge in [-0.15, -0.1) is 0 Å². The highest BCUT2D eigenvalue weighted by atomic mass is 16.5. The van der Waals surface area contributed by atoms with E-state index in [4.69, 9.17) is 19.9 Å². The molecule has 0 saturated heterocycles. The van der Waals surface area contributed by atoms with Crippen LogP contribution in [0.15, 0.2) is 35.1 Å². The zero-order chi connectivity index (χ0) is 27.3. The summed E-state index contributed by atoms with van der Waals surface area (Å²) in [5.41, 5.74) is 8.52. The molecular weight excluding hydrogens is 480 g/mol. The molecule has 2 aromatic carbocycles. The lowest BCUT2D eigenvalue weighted by Gasteiger charge is -2.24. The quantitative estimate of drug-likeness (QED) is 0.288. The van der Waals surface area contributed by atoms with Crippen LogP contribution < -0.4 is 20.9 Å². The molecule has 0 spiro atoms. The summed E-state index contributed by atoms with van der Waals surface area (Å²) in [6, 6.07) is 7.52. The molecule has 3 rings (SSSR count). The molecule has 37 heavy (non-hydrogen) atoms. The van der Waals surface area contributed by atoms with Crippen molar-refractivity contribution >= 4 is 29.3 Å². The van der Waals surface area contributed by atoms with Gasteiger partial charge in [0.1, 0.15) is 24.1 Å². The number of aromatic nitrogens is 2. The van der Waals surface area contributed by atoms with Gasteiger partial charge in [-0.25, -0.2) is 4.79 Å². The van der Waals surface area contributed by atoms with Crippen LogP contribution in [0.3, 0.4) is 0 Å². The summed E-state index contributed by atoms with van der Waals surface area (Å²) in [6.45, 7) is 5.20. The van der Waals surface area contributed by atoms with Crippen molar-refractivity contribution in [3.05, 3.63) is 57.5 Å². The molecule has 3 aromatic rings. The molecule has 1 unspecified atom stereocenters. The van der Waals surface area contributed by atoms with Crippen LogP contribution in [-0.4, -0.2) is 59.7 Å². The van der Waals surface area contributed by atoms with E-state index in [1.165, 1.54) is 28.3 Å². The second-order valence-corrected chi connectivity index (χ2v) is 8.64. The molecule has 0 bridgehead atoms. The van der Waals surface area contributed by atoms with Gasteiger partial charge in [0.25, 0.3) is 0 Å². The number of carbonyl (C=O) groups is 3. The lowest BCUT2D eigenvalue weighted by atomic mass is 10.1. The number of amides is 2. The topological polar surface area (TPSA) is 135 Å². The first-order chi connectivity index (χ1) is 17.6. The molecule has 0 aliphatic carbocycles. The Hall–Kier alpha value is -4.28. The van der Waals surface area contributed by atoms with Gasteiger partial charge in [0.05, 0.1) is 38.4 Å². The summed E-state index contributed by atoms with van der Waals surface area (Å²) < 4.78 is 18.1. The fourth-order valence-corrected chi connectivity index (χ4v) is 4.18. The highest BCUT2D eigenvalue weighted by Crippen LogP contribution is 2.25. The third-order valence-corrected chi connectivity index (χ3v) is 6.16. The minimum absolute atomic E-state index is 0.106. The van der Waals surface area contributed by atoms with Crippen LogP contribution in [0.2, 0.25) is 0 Å². The average Bonchev–Trinajstić information content (AvgIpc) is 3.11. The molecule has 198 valence electrons. The number of hydrogen-bond donors (Lipinski definition) is 1. The number of nitrogens with two attached hydrogens (primary N) is 1. The number of fused-ring (bicyclic) bond motifs is 1. The lowest BCUT2D eigenvalue weighted by Crippen LogP contribution is -2.41. The second kappa shape index (κ2) is 11.6. The van der Waals surface area contributed by atoms with Gasteiger partial charge < -0.3 is 24.8 Å². The zero-order valence-corrected chi connectivity index (χ0v) is 21.6. The Labute approximate surface area is 214 Å². The van der Waals surface area contributed by atoms with Gasteiger partial charge in [0.2, 0.25) is 12.3 Å². The number of methoxy groups -OCH3 is 2. The molecule has 1 heterocycles. The van der Waals surface area contributed by atoms with Crippen molar-refractivity contribution in [3.8, 4) is 11.5 Å². The summed E-state index contributed by atoms with van der Waals surface area (Å²) in [5.74, 6) is -0.309. The molecule has 1 aromatic heterocycles. The number of aryl methyl sites for hydroxylation is 2. The molecule has 11 heteroatoms. The smallest absolute Gasteiger partial charge is 0.330 e. The first-order valence-electron chi connectivity index (χ1n) is 11.7. The largest absolute Gasteiger partial charge is 0.497 e. The van der Waals surface area contributed by atoms with Crippen molar-refractivity contribution in [3.63, 3.8) is 0 Å². The van der Waals surface area contributed by atoms with E-state index in [1.54, 1.807) is 37.3 Å². The maximum atomic E-state index is 13.6. The fourth-order valence-electron chi connectivity index (χ4n) is 4.18. The van der Waals surface area contributed by atoms with Gasteiger partial charge in [-0.1, -0.05) is 0 Å². The normalized spacial score (nSPS) is 11.7. The molecule has 1 atom stereocenters. The number of nitrogens with zero attached hydrogens (tertiary/aromatic N) is 3. The van der Waals surface area contributed by atoms with Gasteiger partial charge >= 0.3 is 11.7 Å². The summed E-state index contributed by atoms with van der Waals surface area (Å²) >= 11 is 0. The van der Waals surface area contributed by atoms with Gasteiger partial charge in [-0.2, -0.15) is 0 Å². The first kappa shape index (κ1) is 27.3. The molecule has 2 N–H and O–H groups in total. The number of esters is 1. The Bertz CT molecular complexity index is 1350. The molecule has 0 saturated carbocycles. The molecule has 11 nitrogen and oxygen atoms in total. The lowest BCUT2D eigenvalue weighted by molar-refractivity contribution is -0.143. The summed E-state index contributed by atoms with van der Waals surface area (Å²) in [5, 5.41) is 0. The molecule has 0 aliphatic rings. The van der Waals surface area contributed by atoms with Crippen LogP contribution in [0.4, 0.5) is 0 Å². The number of hydrogen-bond acceptors (Lipinski definition) is 7. The molecular formula is C26H32N4O7. The van der Waals surface area contributed by atoms with Crippen molar-refractivity contribution in [2.24, 2.45) is 5.73 Å². The number of imidazole rings is 1. The number of ether oxygens (including phenoxy) is 3. The van der Waals surface area contributed by atoms with E-state index in [0.29, 0.717) is 34.5 Å². The van der Waals surface area contributed by atoms with E-state index in [2.05, 4.69) is 0 Å². The van der Waals surface area contributed by atoms with E-state index in [1.807, 2.05) is 13.8 Å². The minimum Gasteiger partial charge on any atom is -0.497 e. The Kier molecular flexibility index (Phi) is 8.59. The van der Waals surface area contributed by atoms with Gasteiger partial charge in [-0.3, -0.25) is 23.5 Å². The van der Waals surface area contributed by atoms with Crippen LogP contribution in [0.1, 0.15) is 29.7 Å². The van der Waals surface area contributed by atoms with E-state index in [-0.39, 0.29) is 26.2 Å². The van der Waals surface area contributed by atoms with Crippen LogP contribution in [0.5, 0.6) is 11.5 Å². The maximum absolute atomic E-state index is 13.6. The third-order valence-electron chi connectivity index (χ3n) is 6.16. The van der Waals surface area contributed by atoms with Gasteiger partial charge in [-0.05, 0) is 61.7 Å².